The first-order valence-electron chi connectivity index (χ1n) is 5.17. The number of nitrogens with zero attached hydrogens (tertiary/aromatic N) is 2. The van der Waals surface area contributed by atoms with Gasteiger partial charge in [-0.25, -0.2) is 9.59 Å². The second kappa shape index (κ2) is 11.7. The van der Waals surface area contributed by atoms with Crippen LogP contribution >= 0.6 is 0 Å². The minimum Gasteiger partial charge on any atom is -0.325 e. The van der Waals surface area contributed by atoms with E-state index < -0.39 is 11.9 Å². The molecule has 8 heteroatoms. The third-order valence-electron chi connectivity index (χ3n) is 1.10. The molecule has 104 valence electrons. The quantitative estimate of drug-likeness (QED) is 0.408. The molecule has 0 rings (SSSR count). The number of hydrogen-bond acceptors (Lipinski definition) is 8. The average Bonchev–Trinajstić information content (AvgIpc) is 2.25. The van der Waals surface area contributed by atoms with E-state index in [1.807, 2.05) is 0 Å². The number of oxime groups is 2. The maximum Gasteiger partial charge on any atom is 0.331 e. The SMILES string of the molecule is CC(=O)O/N=C(/C)CN.CC(=O)O/N=C\C(C)N. The van der Waals surface area contributed by atoms with Crippen molar-refractivity contribution in [2.45, 2.75) is 33.7 Å². The topological polar surface area (TPSA) is 129 Å². The molecule has 0 fully saturated rings. The van der Waals surface area contributed by atoms with Crippen molar-refractivity contribution in [2.24, 2.45) is 21.8 Å². The zero-order valence-electron chi connectivity index (χ0n) is 11.0. The van der Waals surface area contributed by atoms with E-state index in [0.29, 0.717) is 12.3 Å². The lowest BCUT2D eigenvalue weighted by molar-refractivity contribution is -0.141. The summed E-state index contributed by atoms with van der Waals surface area (Å²) in [4.78, 5) is 28.6. The highest BCUT2D eigenvalue weighted by Gasteiger charge is 1.89. The predicted molar refractivity (Wildman–Crippen MR) is 67.8 cm³/mol. The van der Waals surface area contributed by atoms with Crippen molar-refractivity contribution in [3.05, 3.63) is 0 Å². The largest absolute Gasteiger partial charge is 0.331 e. The fraction of sp³-hybridized carbons (Fsp3) is 0.600. The summed E-state index contributed by atoms with van der Waals surface area (Å²) in [5, 5.41) is 6.66. The average molecular weight is 260 g/mol. The number of nitrogens with two attached hydrogens (primary N) is 2. The zero-order valence-corrected chi connectivity index (χ0v) is 11.0. The van der Waals surface area contributed by atoms with Gasteiger partial charge in [-0.3, -0.25) is 0 Å². The van der Waals surface area contributed by atoms with Crippen molar-refractivity contribution in [3.63, 3.8) is 0 Å². The number of carbonyl (C=O) groups excluding carboxylic acids is 2. The van der Waals surface area contributed by atoms with E-state index in [9.17, 15) is 9.59 Å². The number of carbonyl (C=O) groups is 2. The van der Waals surface area contributed by atoms with Crippen LogP contribution < -0.4 is 11.5 Å². The maximum atomic E-state index is 10.1. The highest BCUT2D eigenvalue weighted by molar-refractivity contribution is 5.83. The van der Waals surface area contributed by atoms with Crippen LogP contribution in [0.15, 0.2) is 10.3 Å². The third-order valence-corrected chi connectivity index (χ3v) is 1.10. The molecule has 0 amide bonds. The van der Waals surface area contributed by atoms with E-state index in [-0.39, 0.29) is 6.04 Å². The number of rotatable bonds is 4. The van der Waals surface area contributed by atoms with Gasteiger partial charge < -0.3 is 21.1 Å². The molecule has 0 aromatic rings. The predicted octanol–water partition coefficient (Wildman–Crippen LogP) is -0.233. The molecule has 0 aromatic carbocycles. The Morgan fingerprint density at radius 2 is 1.72 bits per heavy atom. The molecule has 0 saturated carbocycles. The molecule has 0 aliphatic carbocycles. The maximum absolute atomic E-state index is 10.1. The Balaban J connectivity index is 0. The molecule has 0 spiro atoms. The molecule has 8 nitrogen and oxygen atoms in total. The van der Waals surface area contributed by atoms with Gasteiger partial charge in [0.2, 0.25) is 0 Å². The van der Waals surface area contributed by atoms with Crippen LogP contribution in [0.1, 0.15) is 27.7 Å². The molecule has 1 atom stereocenters. The lowest BCUT2D eigenvalue weighted by Crippen LogP contribution is -2.16. The van der Waals surface area contributed by atoms with Gasteiger partial charge in [-0.2, -0.15) is 0 Å². The van der Waals surface area contributed by atoms with Crippen molar-refractivity contribution in [1.29, 1.82) is 0 Å². The molecular formula is C10H20N4O4. The highest BCUT2D eigenvalue weighted by atomic mass is 16.7. The second-order valence-corrected chi connectivity index (χ2v) is 3.31. The van der Waals surface area contributed by atoms with Gasteiger partial charge in [-0.05, 0) is 13.8 Å². The Morgan fingerprint density at radius 1 is 1.22 bits per heavy atom. The Kier molecular flexibility index (Phi) is 12.0. The Bertz CT molecular complexity index is 313. The third kappa shape index (κ3) is 19.7. The van der Waals surface area contributed by atoms with E-state index in [1.54, 1.807) is 13.8 Å². The fourth-order valence-electron chi connectivity index (χ4n) is 0.380. The van der Waals surface area contributed by atoms with Gasteiger partial charge in [-0.1, -0.05) is 10.3 Å². The first-order valence-corrected chi connectivity index (χ1v) is 5.17. The molecule has 0 heterocycles. The van der Waals surface area contributed by atoms with Crippen LogP contribution in [0.3, 0.4) is 0 Å². The minimum absolute atomic E-state index is 0.177. The van der Waals surface area contributed by atoms with Crippen LogP contribution in [-0.4, -0.2) is 36.5 Å². The lowest BCUT2D eigenvalue weighted by Gasteiger charge is -1.91. The summed E-state index contributed by atoms with van der Waals surface area (Å²) in [5.41, 5.74) is 11.0. The molecule has 4 N–H and O–H groups in total. The van der Waals surface area contributed by atoms with Gasteiger partial charge in [0, 0.05) is 26.4 Å². The van der Waals surface area contributed by atoms with Crippen molar-refractivity contribution in [2.75, 3.05) is 6.54 Å². The van der Waals surface area contributed by atoms with Gasteiger partial charge in [0.15, 0.2) is 0 Å². The molecule has 0 aliphatic heterocycles. The normalized spacial score (nSPS) is 12.4. The van der Waals surface area contributed by atoms with Crippen LogP contribution in [-0.2, 0) is 19.3 Å². The van der Waals surface area contributed by atoms with Gasteiger partial charge in [-0.15, -0.1) is 0 Å². The first kappa shape index (κ1) is 18.6. The van der Waals surface area contributed by atoms with Crippen LogP contribution in [0, 0.1) is 0 Å². The van der Waals surface area contributed by atoms with Crippen molar-refractivity contribution in [1.82, 2.24) is 0 Å². The second-order valence-electron chi connectivity index (χ2n) is 3.31. The van der Waals surface area contributed by atoms with Crippen molar-refractivity contribution in [3.8, 4) is 0 Å². The summed E-state index contributed by atoms with van der Waals surface area (Å²) in [6, 6.07) is -0.177. The van der Waals surface area contributed by atoms with E-state index in [1.165, 1.54) is 20.1 Å². The zero-order chi connectivity index (χ0) is 14.6. The highest BCUT2D eigenvalue weighted by Crippen LogP contribution is 1.79. The summed E-state index contributed by atoms with van der Waals surface area (Å²) >= 11 is 0. The Labute approximate surface area is 106 Å². The molecule has 0 aromatic heterocycles. The molecule has 0 saturated heterocycles. The van der Waals surface area contributed by atoms with Gasteiger partial charge in [0.05, 0.1) is 11.9 Å². The number of hydrogen-bond donors (Lipinski definition) is 2. The van der Waals surface area contributed by atoms with Crippen LogP contribution in [0.25, 0.3) is 0 Å². The molecule has 0 bridgehead atoms. The molecule has 1 unspecified atom stereocenters. The monoisotopic (exact) mass is 260 g/mol. The Morgan fingerprint density at radius 3 is 2.06 bits per heavy atom. The standard InChI is InChI=1S/2C5H10N2O2/c1-4(6)3-7-9-5(2)8;1-4(3-6)7-9-5(2)8/h3-4H,6H2,1-2H3;3,6H2,1-2H3/b7-3-;7-4-. The van der Waals surface area contributed by atoms with E-state index in [0.717, 1.165) is 0 Å². The first-order chi connectivity index (χ1) is 8.29. The Hall–Kier alpha value is -1.80. The van der Waals surface area contributed by atoms with Crippen molar-refractivity contribution < 1.29 is 19.3 Å². The van der Waals surface area contributed by atoms with Crippen molar-refractivity contribution >= 4 is 23.9 Å². The lowest BCUT2D eigenvalue weighted by atomic mass is 10.4. The molecule has 0 radical (unpaired) electrons. The fourth-order valence-corrected chi connectivity index (χ4v) is 0.380. The van der Waals surface area contributed by atoms with Gasteiger partial charge >= 0.3 is 11.9 Å². The summed E-state index contributed by atoms with van der Waals surface area (Å²) < 4.78 is 0. The van der Waals surface area contributed by atoms with E-state index >= 15 is 0 Å². The molecular weight excluding hydrogens is 240 g/mol. The molecule has 18 heavy (non-hydrogen) atoms. The van der Waals surface area contributed by atoms with Crippen LogP contribution in [0.2, 0.25) is 0 Å². The van der Waals surface area contributed by atoms with Crippen LogP contribution in [0.4, 0.5) is 0 Å². The van der Waals surface area contributed by atoms with E-state index in [2.05, 4.69) is 20.0 Å². The molecule has 0 aliphatic rings. The minimum atomic E-state index is -0.438. The summed E-state index contributed by atoms with van der Waals surface area (Å²) in [6.07, 6.45) is 1.35. The van der Waals surface area contributed by atoms with Crippen LogP contribution in [0.5, 0.6) is 0 Å². The van der Waals surface area contributed by atoms with Gasteiger partial charge in [0.25, 0.3) is 0 Å². The smallest absolute Gasteiger partial charge is 0.325 e. The van der Waals surface area contributed by atoms with Gasteiger partial charge in [0.1, 0.15) is 0 Å². The summed E-state index contributed by atoms with van der Waals surface area (Å²) in [6.45, 7) is 6.29. The van der Waals surface area contributed by atoms with E-state index in [4.69, 9.17) is 11.5 Å². The summed E-state index contributed by atoms with van der Waals surface area (Å²) in [5.74, 6) is -0.866. The summed E-state index contributed by atoms with van der Waals surface area (Å²) in [7, 11) is 0.